The monoisotopic (exact) mass is 607 g/mol. The molecule has 1 saturated heterocycles. The zero-order valence-electron chi connectivity index (χ0n) is 25.5. The highest BCUT2D eigenvalue weighted by Gasteiger charge is 2.40. The van der Waals surface area contributed by atoms with Crippen molar-refractivity contribution >= 4 is 5.97 Å². The fourth-order valence-corrected chi connectivity index (χ4v) is 6.18. The van der Waals surface area contributed by atoms with E-state index in [2.05, 4.69) is 32.8 Å². The topological polar surface area (TPSA) is 146 Å². The Labute approximate surface area is 256 Å². The van der Waals surface area contributed by atoms with Crippen LogP contribution in [0.25, 0.3) is 0 Å². The van der Waals surface area contributed by atoms with Crippen LogP contribution in [-0.4, -0.2) is 118 Å². The smallest absolute Gasteiger partial charge is 0.305 e. The Balaban J connectivity index is 1.21. The van der Waals surface area contributed by atoms with Crippen LogP contribution in [-0.2, 0) is 20.8 Å². The molecule has 0 spiro atoms. The molecule has 1 aromatic rings. The second-order valence-electron chi connectivity index (χ2n) is 11.9. The molecule has 11 nitrogen and oxygen atoms in total. The van der Waals surface area contributed by atoms with Gasteiger partial charge in [0.1, 0.15) is 6.61 Å². The number of hydrogen-bond donors (Lipinski definition) is 5. The van der Waals surface area contributed by atoms with Gasteiger partial charge in [-0.15, -0.1) is 0 Å². The summed E-state index contributed by atoms with van der Waals surface area (Å²) in [6, 6.07) is 10.1. The predicted molar refractivity (Wildman–Crippen MR) is 161 cm³/mol. The molecule has 0 radical (unpaired) electrons. The number of benzene rings is 1. The van der Waals surface area contributed by atoms with Gasteiger partial charge in [-0.3, -0.25) is 24.9 Å². The van der Waals surface area contributed by atoms with Gasteiger partial charge in [0.25, 0.3) is 0 Å². The lowest BCUT2D eigenvalue weighted by molar-refractivity contribution is -0.492. The number of rotatable bonds is 20. The number of nitrogens with zero attached hydrogens (tertiary/aromatic N) is 3. The van der Waals surface area contributed by atoms with Crippen LogP contribution in [0.2, 0.25) is 0 Å². The number of hydrogen-bond acceptors (Lipinski definition) is 11. The third kappa shape index (κ3) is 14.1. The average Bonchev–Trinajstić information content (AvgIpc) is 3.27. The Morgan fingerprint density at radius 2 is 1.63 bits per heavy atom. The Morgan fingerprint density at radius 3 is 2.35 bits per heavy atom. The van der Waals surface area contributed by atoms with Crippen molar-refractivity contribution in [2.45, 2.75) is 82.5 Å². The molecular weight excluding hydrogens is 554 g/mol. The predicted octanol–water partition coefficient (Wildman–Crippen LogP) is 2.80. The summed E-state index contributed by atoms with van der Waals surface area (Å²) in [7, 11) is 0. The van der Waals surface area contributed by atoms with Gasteiger partial charge in [-0.2, -0.15) is 0 Å². The molecule has 0 bridgehead atoms. The van der Waals surface area contributed by atoms with Crippen molar-refractivity contribution in [3.8, 4) is 0 Å². The van der Waals surface area contributed by atoms with Gasteiger partial charge in [-0.1, -0.05) is 42.5 Å². The number of carbonyl (C=O) groups excluding carboxylic acids is 1. The minimum Gasteiger partial charge on any atom is -0.464 e. The van der Waals surface area contributed by atoms with Gasteiger partial charge in [0.05, 0.1) is 30.3 Å². The lowest BCUT2D eigenvalue weighted by Gasteiger charge is -2.34. The number of esters is 1. The SMILES string of the molecule is O=C(CCC/C=C\C[C@@H]1[C@@H](CC[C@@H](O)CCc2ccccc2)[C@H](O)C[C@@H]1O)OCCN1CCN(CCCON(O)O)CC1. The maximum atomic E-state index is 12.1. The van der Waals surface area contributed by atoms with Crippen LogP contribution in [0, 0.1) is 11.8 Å². The number of allylic oxidation sites excluding steroid dienone is 2. The third-order valence-corrected chi connectivity index (χ3v) is 8.75. The fraction of sp³-hybridized carbons (Fsp3) is 0.719. The summed E-state index contributed by atoms with van der Waals surface area (Å²) in [5, 5.41) is 48.4. The van der Waals surface area contributed by atoms with Gasteiger partial charge < -0.3 is 25.0 Å². The molecule has 1 aromatic carbocycles. The average molecular weight is 608 g/mol. The van der Waals surface area contributed by atoms with E-state index in [1.807, 2.05) is 24.3 Å². The highest BCUT2D eigenvalue weighted by Crippen LogP contribution is 2.38. The van der Waals surface area contributed by atoms with E-state index in [0.29, 0.717) is 64.5 Å². The van der Waals surface area contributed by atoms with Crippen LogP contribution in [0.1, 0.15) is 63.4 Å². The molecule has 2 fully saturated rings. The van der Waals surface area contributed by atoms with E-state index >= 15 is 0 Å². The van der Waals surface area contributed by atoms with Crippen molar-refractivity contribution in [1.29, 1.82) is 0 Å². The van der Waals surface area contributed by atoms with Crippen molar-refractivity contribution in [3.05, 3.63) is 48.0 Å². The van der Waals surface area contributed by atoms with E-state index in [-0.39, 0.29) is 29.8 Å². The van der Waals surface area contributed by atoms with Crippen molar-refractivity contribution in [2.24, 2.45) is 11.8 Å². The van der Waals surface area contributed by atoms with Gasteiger partial charge in [-0.05, 0) is 75.2 Å². The van der Waals surface area contributed by atoms with Gasteiger partial charge in [0.2, 0.25) is 0 Å². The van der Waals surface area contributed by atoms with Crippen LogP contribution in [0.3, 0.4) is 0 Å². The first-order chi connectivity index (χ1) is 20.8. The number of piperazine rings is 1. The molecule has 244 valence electrons. The summed E-state index contributed by atoms with van der Waals surface area (Å²) in [4.78, 5) is 21.3. The molecular formula is C32H53N3O8. The molecule has 43 heavy (non-hydrogen) atoms. The van der Waals surface area contributed by atoms with Crippen molar-refractivity contribution in [3.63, 3.8) is 0 Å². The molecule has 1 aliphatic heterocycles. The first-order valence-electron chi connectivity index (χ1n) is 16.0. The van der Waals surface area contributed by atoms with Crippen LogP contribution in [0.5, 0.6) is 0 Å². The number of aliphatic hydroxyl groups excluding tert-OH is 3. The van der Waals surface area contributed by atoms with E-state index in [0.717, 1.165) is 45.6 Å². The number of ether oxygens (including phenoxy) is 1. The van der Waals surface area contributed by atoms with Crippen LogP contribution in [0.15, 0.2) is 42.5 Å². The molecule has 5 atom stereocenters. The molecule has 0 unspecified atom stereocenters. The molecule has 0 aromatic heterocycles. The molecule has 1 heterocycles. The van der Waals surface area contributed by atoms with Crippen LogP contribution >= 0.6 is 0 Å². The first-order valence-corrected chi connectivity index (χ1v) is 16.0. The first kappa shape index (κ1) is 35.5. The summed E-state index contributed by atoms with van der Waals surface area (Å²) in [6.45, 7) is 5.80. The van der Waals surface area contributed by atoms with Gasteiger partial charge in [-0.25, -0.2) is 0 Å². The molecule has 3 rings (SSSR count). The molecule has 11 heteroatoms. The van der Waals surface area contributed by atoms with Crippen LogP contribution in [0.4, 0.5) is 0 Å². The summed E-state index contributed by atoms with van der Waals surface area (Å²) >= 11 is 0. The summed E-state index contributed by atoms with van der Waals surface area (Å²) < 4.78 is 5.42. The number of unbranched alkanes of at least 4 members (excludes halogenated alkanes) is 1. The van der Waals surface area contributed by atoms with Crippen molar-refractivity contribution < 1.29 is 40.1 Å². The minimum atomic E-state index is -0.541. The van der Waals surface area contributed by atoms with Gasteiger partial charge in [0, 0.05) is 45.7 Å². The highest BCUT2D eigenvalue weighted by molar-refractivity contribution is 5.69. The Morgan fingerprint density at radius 1 is 0.930 bits per heavy atom. The van der Waals surface area contributed by atoms with E-state index < -0.39 is 18.3 Å². The normalized spacial score (nSPS) is 24.2. The summed E-state index contributed by atoms with van der Waals surface area (Å²) in [5.41, 5.74) is 1.21. The Bertz CT molecular complexity index is 913. The maximum Gasteiger partial charge on any atom is 0.305 e. The minimum absolute atomic E-state index is 0.0214. The number of aliphatic hydroxyl groups is 3. The van der Waals surface area contributed by atoms with E-state index in [4.69, 9.17) is 15.2 Å². The van der Waals surface area contributed by atoms with Crippen molar-refractivity contribution in [1.82, 2.24) is 15.2 Å². The lowest BCUT2D eigenvalue weighted by atomic mass is 9.85. The molecule has 1 aliphatic carbocycles. The van der Waals surface area contributed by atoms with Crippen molar-refractivity contribution in [2.75, 3.05) is 52.5 Å². The fourth-order valence-electron chi connectivity index (χ4n) is 6.18. The Hall–Kier alpha value is -1.93. The zero-order valence-corrected chi connectivity index (χ0v) is 25.5. The second-order valence-corrected chi connectivity index (χ2v) is 11.9. The van der Waals surface area contributed by atoms with E-state index in [9.17, 15) is 20.1 Å². The summed E-state index contributed by atoms with van der Waals surface area (Å²) in [6.07, 6.45) is 9.02. The largest absolute Gasteiger partial charge is 0.464 e. The van der Waals surface area contributed by atoms with Crippen LogP contribution < -0.4 is 0 Å². The third-order valence-electron chi connectivity index (χ3n) is 8.75. The standard InChI is InChI=1S/C32H53N3O8/c36-27(14-13-26-9-4-3-5-10-26)15-16-29-28(30(37)25-31(29)38)11-6-1-2-7-12-32(39)42-24-22-34-20-18-33(19-21-34)17-8-23-43-35(40)41/h1,3-6,9-10,27-31,36-38,40-41H,2,7-8,11-25H2/b6-1-/t27-,28+,29+,30-,31+/m0/s1. The van der Waals surface area contributed by atoms with E-state index in [1.165, 1.54) is 5.56 Å². The zero-order chi connectivity index (χ0) is 30.9. The number of aryl methyl sites for hydroxylation is 1. The highest BCUT2D eigenvalue weighted by atomic mass is 17.1. The lowest BCUT2D eigenvalue weighted by Crippen LogP contribution is -2.47. The maximum absolute atomic E-state index is 12.1. The molecule has 5 N–H and O–H groups in total. The second kappa shape index (κ2) is 20.2. The summed E-state index contributed by atoms with van der Waals surface area (Å²) in [5.74, 6) is -0.232. The molecule has 1 saturated carbocycles. The van der Waals surface area contributed by atoms with E-state index in [1.54, 1.807) is 0 Å². The molecule has 0 amide bonds. The molecule has 2 aliphatic rings. The van der Waals surface area contributed by atoms with Gasteiger partial charge >= 0.3 is 5.97 Å². The number of carbonyl (C=O) groups is 1. The van der Waals surface area contributed by atoms with Gasteiger partial charge in [0.15, 0.2) is 0 Å². The quantitative estimate of drug-likeness (QED) is 0.0645. The Kier molecular flexibility index (Phi) is 16.7.